The Balaban J connectivity index is 2.19. The predicted molar refractivity (Wildman–Crippen MR) is 72.5 cm³/mol. The number of hydrogen-bond acceptors (Lipinski definition) is 4. The summed E-state index contributed by atoms with van der Waals surface area (Å²) in [6.07, 6.45) is 0. The fourth-order valence-corrected chi connectivity index (χ4v) is 1.98. The summed E-state index contributed by atoms with van der Waals surface area (Å²) in [7, 11) is 1.71. The van der Waals surface area contributed by atoms with Gasteiger partial charge in [0.15, 0.2) is 5.84 Å². The molecule has 7 heteroatoms. The number of hydrogen-bond donors (Lipinski definition) is 2. The lowest BCUT2D eigenvalue weighted by molar-refractivity contribution is -0.133. The molecule has 0 aliphatic carbocycles. The van der Waals surface area contributed by atoms with E-state index in [1.165, 1.54) is 4.90 Å². The number of likely N-dealkylation sites (N-methyl/N-ethyl adjacent to an activating group) is 1. The smallest absolute Gasteiger partial charge is 0.254 e. The molecule has 1 aromatic carbocycles. The van der Waals surface area contributed by atoms with Crippen LogP contribution in [0.4, 0.5) is 0 Å². The van der Waals surface area contributed by atoms with E-state index in [1.54, 1.807) is 36.2 Å². The summed E-state index contributed by atoms with van der Waals surface area (Å²) in [6, 6.07) is 6.47. The fourth-order valence-electron chi connectivity index (χ4n) is 1.98. The minimum absolute atomic E-state index is 0.0610. The fraction of sp³-hybridized carbons (Fsp3) is 0.308. The zero-order valence-corrected chi connectivity index (χ0v) is 11.1. The maximum absolute atomic E-state index is 12.3. The van der Waals surface area contributed by atoms with Crippen molar-refractivity contribution >= 4 is 17.6 Å². The molecule has 0 spiro atoms. The second-order valence-corrected chi connectivity index (χ2v) is 4.61. The Morgan fingerprint density at radius 2 is 2.05 bits per heavy atom. The standard InChI is InChI=1S/C13H16N4O3/c1-16-5-6-17(8-11(16)18)13(19)10-4-2-3-9(7-10)12(14)15-20/h2-4,7,20H,5-6,8H2,1H3,(H2,14,15). The highest BCUT2D eigenvalue weighted by molar-refractivity contribution is 6.02. The molecule has 7 nitrogen and oxygen atoms in total. The van der Waals surface area contributed by atoms with Crippen LogP contribution in [0.5, 0.6) is 0 Å². The van der Waals surface area contributed by atoms with E-state index >= 15 is 0 Å². The number of benzene rings is 1. The van der Waals surface area contributed by atoms with Crippen molar-refractivity contribution in [2.75, 3.05) is 26.7 Å². The molecular weight excluding hydrogens is 260 g/mol. The van der Waals surface area contributed by atoms with Crippen molar-refractivity contribution in [2.24, 2.45) is 10.9 Å². The van der Waals surface area contributed by atoms with Gasteiger partial charge in [-0.2, -0.15) is 0 Å². The molecule has 1 aromatic rings. The first-order valence-corrected chi connectivity index (χ1v) is 6.14. The van der Waals surface area contributed by atoms with Crippen LogP contribution in [0.15, 0.2) is 29.4 Å². The summed E-state index contributed by atoms with van der Waals surface area (Å²) in [5.41, 5.74) is 6.36. The normalized spacial score (nSPS) is 16.4. The lowest BCUT2D eigenvalue weighted by atomic mass is 10.1. The Kier molecular flexibility index (Phi) is 3.88. The summed E-state index contributed by atoms with van der Waals surface area (Å²) < 4.78 is 0. The van der Waals surface area contributed by atoms with Crippen molar-refractivity contribution in [1.29, 1.82) is 0 Å². The third kappa shape index (κ3) is 2.71. The Morgan fingerprint density at radius 1 is 1.35 bits per heavy atom. The third-order valence-corrected chi connectivity index (χ3v) is 3.26. The number of oxime groups is 1. The van der Waals surface area contributed by atoms with Gasteiger partial charge < -0.3 is 20.7 Å². The largest absolute Gasteiger partial charge is 0.409 e. The molecular formula is C13H16N4O3. The summed E-state index contributed by atoms with van der Waals surface area (Å²) in [5, 5.41) is 11.6. The zero-order valence-electron chi connectivity index (χ0n) is 11.1. The Morgan fingerprint density at radius 3 is 2.70 bits per heavy atom. The van der Waals surface area contributed by atoms with Gasteiger partial charge in [-0.1, -0.05) is 17.3 Å². The Labute approximate surface area is 116 Å². The van der Waals surface area contributed by atoms with Gasteiger partial charge in [0.05, 0.1) is 0 Å². The van der Waals surface area contributed by atoms with Crippen LogP contribution in [-0.2, 0) is 4.79 Å². The highest BCUT2D eigenvalue weighted by Crippen LogP contribution is 2.11. The number of carbonyl (C=O) groups is 2. The van der Waals surface area contributed by atoms with Gasteiger partial charge in [-0.05, 0) is 12.1 Å². The van der Waals surface area contributed by atoms with Crippen LogP contribution in [0.2, 0.25) is 0 Å². The molecule has 1 aliphatic rings. The van der Waals surface area contributed by atoms with Gasteiger partial charge in [0.1, 0.15) is 6.54 Å². The van der Waals surface area contributed by atoms with Gasteiger partial charge in [-0.3, -0.25) is 9.59 Å². The average Bonchev–Trinajstić information content (AvgIpc) is 2.48. The van der Waals surface area contributed by atoms with Gasteiger partial charge in [0.2, 0.25) is 5.91 Å². The van der Waals surface area contributed by atoms with Crippen molar-refractivity contribution in [3.63, 3.8) is 0 Å². The number of carbonyl (C=O) groups excluding carboxylic acids is 2. The lowest BCUT2D eigenvalue weighted by Gasteiger charge is -2.32. The van der Waals surface area contributed by atoms with Gasteiger partial charge in [-0.15, -0.1) is 0 Å². The maximum Gasteiger partial charge on any atom is 0.254 e. The molecule has 1 saturated heterocycles. The second-order valence-electron chi connectivity index (χ2n) is 4.61. The predicted octanol–water partition coefficient (Wildman–Crippen LogP) is -0.305. The van der Waals surface area contributed by atoms with Crippen LogP contribution in [0, 0.1) is 0 Å². The third-order valence-electron chi connectivity index (χ3n) is 3.26. The van der Waals surface area contributed by atoms with Crippen molar-refractivity contribution in [3.05, 3.63) is 35.4 Å². The molecule has 2 amide bonds. The molecule has 1 heterocycles. The van der Waals surface area contributed by atoms with Crippen molar-refractivity contribution in [1.82, 2.24) is 9.80 Å². The molecule has 3 N–H and O–H groups in total. The van der Waals surface area contributed by atoms with Gasteiger partial charge in [0.25, 0.3) is 5.91 Å². The molecule has 2 rings (SSSR count). The average molecular weight is 276 g/mol. The highest BCUT2D eigenvalue weighted by atomic mass is 16.4. The van der Waals surface area contributed by atoms with Crippen LogP contribution >= 0.6 is 0 Å². The van der Waals surface area contributed by atoms with E-state index in [0.29, 0.717) is 24.2 Å². The van der Waals surface area contributed by atoms with E-state index in [-0.39, 0.29) is 24.2 Å². The van der Waals surface area contributed by atoms with E-state index < -0.39 is 0 Å². The number of piperazine rings is 1. The first-order chi connectivity index (χ1) is 9.52. The number of amidine groups is 1. The summed E-state index contributed by atoms with van der Waals surface area (Å²) in [4.78, 5) is 27.0. The molecule has 0 unspecified atom stereocenters. The van der Waals surface area contributed by atoms with E-state index in [2.05, 4.69) is 5.16 Å². The van der Waals surface area contributed by atoms with Crippen molar-refractivity contribution in [3.8, 4) is 0 Å². The number of nitrogens with two attached hydrogens (primary N) is 1. The summed E-state index contributed by atoms with van der Waals surface area (Å²) in [6.45, 7) is 1.09. The van der Waals surface area contributed by atoms with Crippen LogP contribution in [0.3, 0.4) is 0 Å². The molecule has 0 aromatic heterocycles. The quantitative estimate of drug-likeness (QED) is 0.335. The summed E-state index contributed by atoms with van der Waals surface area (Å²) in [5.74, 6) is -0.384. The lowest BCUT2D eigenvalue weighted by Crippen LogP contribution is -2.50. The van der Waals surface area contributed by atoms with Crippen LogP contribution in [0.25, 0.3) is 0 Å². The molecule has 20 heavy (non-hydrogen) atoms. The number of nitrogens with zero attached hydrogens (tertiary/aromatic N) is 3. The SMILES string of the molecule is CN1CCN(C(=O)c2cccc(C(N)=NO)c2)CC1=O. The molecule has 106 valence electrons. The molecule has 0 bridgehead atoms. The zero-order chi connectivity index (χ0) is 14.7. The Bertz CT molecular complexity index is 570. The molecule has 0 atom stereocenters. The van der Waals surface area contributed by atoms with Crippen molar-refractivity contribution in [2.45, 2.75) is 0 Å². The molecule has 0 radical (unpaired) electrons. The van der Waals surface area contributed by atoms with Crippen LogP contribution in [0.1, 0.15) is 15.9 Å². The highest BCUT2D eigenvalue weighted by Gasteiger charge is 2.25. The first kappa shape index (κ1) is 13.9. The topological polar surface area (TPSA) is 99.2 Å². The van der Waals surface area contributed by atoms with E-state index in [1.807, 2.05) is 0 Å². The van der Waals surface area contributed by atoms with Gasteiger partial charge >= 0.3 is 0 Å². The van der Waals surface area contributed by atoms with E-state index in [0.717, 1.165) is 0 Å². The van der Waals surface area contributed by atoms with Gasteiger partial charge in [-0.25, -0.2) is 0 Å². The Hall–Kier alpha value is -2.57. The van der Waals surface area contributed by atoms with Gasteiger partial charge in [0, 0.05) is 31.3 Å². The molecule has 1 aliphatic heterocycles. The minimum atomic E-state index is -0.237. The molecule has 1 fully saturated rings. The van der Waals surface area contributed by atoms with E-state index in [9.17, 15) is 9.59 Å². The van der Waals surface area contributed by atoms with Crippen molar-refractivity contribution < 1.29 is 14.8 Å². The van der Waals surface area contributed by atoms with E-state index in [4.69, 9.17) is 10.9 Å². The monoisotopic (exact) mass is 276 g/mol. The van der Waals surface area contributed by atoms with Crippen LogP contribution in [-0.4, -0.2) is 59.3 Å². The number of amides is 2. The number of rotatable bonds is 2. The van der Waals surface area contributed by atoms with Crippen LogP contribution < -0.4 is 5.73 Å². The second kappa shape index (κ2) is 5.60. The summed E-state index contributed by atoms with van der Waals surface area (Å²) >= 11 is 0. The maximum atomic E-state index is 12.3. The molecule has 0 saturated carbocycles. The first-order valence-electron chi connectivity index (χ1n) is 6.14. The minimum Gasteiger partial charge on any atom is -0.409 e.